The second kappa shape index (κ2) is 9.05. The van der Waals surface area contributed by atoms with Crippen LogP contribution in [0.15, 0.2) is 54.6 Å². The van der Waals surface area contributed by atoms with Gasteiger partial charge in [0.05, 0.1) is 0 Å². The predicted molar refractivity (Wildman–Crippen MR) is 104 cm³/mol. The van der Waals surface area contributed by atoms with Gasteiger partial charge in [0.2, 0.25) is 0 Å². The van der Waals surface area contributed by atoms with E-state index in [2.05, 4.69) is 66.4 Å². The summed E-state index contributed by atoms with van der Waals surface area (Å²) in [6.45, 7) is 6.51. The first-order valence-electron chi connectivity index (χ1n) is 9.34. The summed E-state index contributed by atoms with van der Waals surface area (Å²) in [4.78, 5) is 2.54. The fraction of sp³-hybridized carbons (Fsp3) is 0.429. The second-order valence-electron chi connectivity index (χ2n) is 6.66. The van der Waals surface area contributed by atoms with Crippen LogP contribution in [-0.2, 0) is 11.1 Å². The van der Waals surface area contributed by atoms with Crippen molar-refractivity contribution in [2.45, 2.75) is 32.6 Å². The van der Waals surface area contributed by atoms with Gasteiger partial charge in [0.15, 0.2) is 0 Å². The number of aryl methyl sites for hydroxylation is 1. The molecule has 3 rings (SSSR count). The van der Waals surface area contributed by atoms with Gasteiger partial charge in [-0.15, -0.1) is 0 Å². The van der Waals surface area contributed by atoms with Gasteiger partial charge in [0, 0.05) is 13.2 Å². The zero-order valence-corrected chi connectivity index (χ0v) is 14.8. The van der Waals surface area contributed by atoms with Crippen LogP contribution in [0.4, 0.5) is 0 Å². The van der Waals surface area contributed by atoms with Gasteiger partial charge in [-0.2, -0.15) is 0 Å². The molecule has 0 N–H and O–H groups in total. The van der Waals surface area contributed by atoms with E-state index in [0.29, 0.717) is 0 Å². The minimum atomic E-state index is 0.0301. The molecule has 1 heterocycles. The molecule has 3 heteroatoms. The van der Waals surface area contributed by atoms with Crippen molar-refractivity contribution >= 4 is 17.8 Å². The van der Waals surface area contributed by atoms with Crippen LogP contribution in [-0.4, -0.2) is 38.1 Å². The molecule has 0 saturated carbocycles. The third-order valence-electron chi connectivity index (χ3n) is 4.91. The summed E-state index contributed by atoms with van der Waals surface area (Å²) in [6, 6.07) is 19.4. The Labute approximate surface area is 146 Å². The van der Waals surface area contributed by atoms with Gasteiger partial charge < -0.3 is 9.55 Å². The molecule has 0 bridgehead atoms. The fourth-order valence-corrected chi connectivity index (χ4v) is 3.47. The molecule has 2 aromatic carbocycles. The van der Waals surface area contributed by atoms with E-state index in [1.807, 2.05) is 0 Å². The van der Waals surface area contributed by atoms with E-state index < -0.39 is 0 Å². The van der Waals surface area contributed by atoms with E-state index in [4.69, 9.17) is 4.65 Å². The van der Waals surface area contributed by atoms with Crippen LogP contribution in [0.2, 0.25) is 0 Å². The Bertz CT molecular complexity index is 610. The number of nitrogens with zero attached hydrogens (tertiary/aromatic N) is 1. The van der Waals surface area contributed by atoms with E-state index in [-0.39, 0.29) is 6.92 Å². The number of rotatable bonds is 7. The largest absolute Gasteiger partial charge is 0.426 e. The molecule has 0 amide bonds. The molecule has 1 fully saturated rings. The van der Waals surface area contributed by atoms with Crippen molar-refractivity contribution in [3.63, 3.8) is 0 Å². The highest BCUT2D eigenvalue weighted by atomic mass is 16.4. The van der Waals surface area contributed by atoms with E-state index in [0.717, 1.165) is 19.6 Å². The molecule has 0 unspecified atom stereocenters. The third kappa shape index (κ3) is 4.72. The van der Waals surface area contributed by atoms with Crippen LogP contribution in [0.3, 0.4) is 0 Å². The topological polar surface area (TPSA) is 12.5 Å². The van der Waals surface area contributed by atoms with E-state index in [1.165, 1.54) is 48.8 Å². The van der Waals surface area contributed by atoms with Gasteiger partial charge in [-0.25, -0.2) is 0 Å². The molecule has 126 valence electrons. The summed E-state index contributed by atoms with van der Waals surface area (Å²) in [5.74, 6) is 0. The summed E-state index contributed by atoms with van der Waals surface area (Å²) < 4.78 is 6.37. The lowest BCUT2D eigenvalue weighted by Gasteiger charge is -2.27. The van der Waals surface area contributed by atoms with Crippen LogP contribution >= 0.6 is 0 Å². The predicted octanol–water partition coefficient (Wildman–Crippen LogP) is 2.86. The summed E-state index contributed by atoms with van der Waals surface area (Å²) in [7, 11) is 0. The molecule has 1 aliphatic rings. The SMILES string of the molecule is CCc1cccc(B(OCCN2CCCCC2)c2ccccc2)c1. The molecule has 0 aromatic heterocycles. The van der Waals surface area contributed by atoms with Gasteiger partial charge in [-0.3, -0.25) is 0 Å². The Hall–Kier alpha value is -1.58. The van der Waals surface area contributed by atoms with E-state index >= 15 is 0 Å². The van der Waals surface area contributed by atoms with Crippen molar-refractivity contribution in [3.05, 3.63) is 60.2 Å². The van der Waals surface area contributed by atoms with Crippen LogP contribution in [0, 0.1) is 0 Å². The smallest absolute Gasteiger partial charge is 0.361 e. The first-order valence-corrected chi connectivity index (χ1v) is 9.34. The van der Waals surface area contributed by atoms with Crippen molar-refractivity contribution in [3.8, 4) is 0 Å². The van der Waals surface area contributed by atoms with Crippen LogP contribution in [0.5, 0.6) is 0 Å². The molecule has 24 heavy (non-hydrogen) atoms. The zero-order chi connectivity index (χ0) is 16.6. The lowest BCUT2D eigenvalue weighted by atomic mass is 9.55. The highest BCUT2D eigenvalue weighted by Gasteiger charge is 2.22. The number of hydrogen-bond acceptors (Lipinski definition) is 2. The van der Waals surface area contributed by atoms with Crippen molar-refractivity contribution in [2.75, 3.05) is 26.2 Å². The number of benzene rings is 2. The zero-order valence-electron chi connectivity index (χ0n) is 14.8. The van der Waals surface area contributed by atoms with Crippen molar-refractivity contribution in [1.29, 1.82) is 0 Å². The standard InChI is InChI=1S/C21H28BNO/c1-2-19-10-9-13-21(18-19)22(20-11-5-3-6-12-20)24-17-16-23-14-7-4-8-15-23/h3,5-6,9-13,18H,2,4,7-8,14-17H2,1H3. The fourth-order valence-electron chi connectivity index (χ4n) is 3.47. The Morgan fingerprint density at radius 2 is 1.67 bits per heavy atom. The summed E-state index contributed by atoms with van der Waals surface area (Å²) in [6.07, 6.45) is 5.11. The molecule has 0 aliphatic carbocycles. The summed E-state index contributed by atoms with van der Waals surface area (Å²) >= 11 is 0. The monoisotopic (exact) mass is 321 g/mol. The third-order valence-corrected chi connectivity index (χ3v) is 4.91. The molecule has 0 spiro atoms. The minimum absolute atomic E-state index is 0.0301. The Morgan fingerprint density at radius 3 is 2.42 bits per heavy atom. The first-order chi connectivity index (χ1) is 11.9. The maximum Gasteiger partial charge on any atom is 0.361 e. The maximum atomic E-state index is 6.37. The number of likely N-dealkylation sites (tertiary alicyclic amines) is 1. The van der Waals surface area contributed by atoms with Crippen LogP contribution in [0.25, 0.3) is 0 Å². The quantitative estimate of drug-likeness (QED) is 0.727. The number of hydrogen-bond donors (Lipinski definition) is 0. The van der Waals surface area contributed by atoms with E-state index in [9.17, 15) is 0 Å². The lowest BCUT2D eigenvalue weighted by molar-refractivity contribution is 0.186. The van der Waals surface area contributed by atoms with Crippen LogP contribution in [0.1, 0.15) is 31.7 Å². The average molecular weight is 321 g/mol. The van der Waals surface area contributed by atoms with Gasteiger partial charge in [-0.1, -0.05) is 67.9 Å². The normalized spacial score (nSPS) is 15.4. The maximum absolute atomic E-state index is 6.37. The Balaban J connectivity index is 1.70. The second-order valence-corrected chi connectivity index (χ2v) is 6.66. The molecule has 2 nitrogen and oxygen atoms in total. The molecular weight excluding hydrogens is 293 g/mol. The summed E-state index contributed by atoms with van der Waals surface area (Å²) in [5, 5.41) is 0. The van der Waals surface area contributed by atoms with Crippen LogP contribution < -0.4 is 10.9 Å². The molecule has 0 radical (unpaired) electrons. The molecule has 0 atom stereocenters. The van der Waals surface area contributed by atoms with Gasteiger partial charge in [0.1, 0.15) is 0 Å². The highest BCUT2D eigenvalue weighted by Crippen LogP contribution is 2.08. The highest BCUT2D eigenvalue weighted by molar-refractivity contribution is 6.80. The first kappa shape index (κ1) is 17.3. The summed E-state index contributed by atoms with van der Waals surface area (Å²) in [5.41, 5.74) is 3.87. The molecule has 1 saturated heterocycles. The van der Waals surface area contributed by atoms with Gasteiger partial charge >= 0.3 is 6.92 Å². The van der Waals surface area contributed by atoms with Crippen molar-refractivity contribution in [1.82, 2.24) is 4.90 Å². The van der Waals surface area contributed by atoms with Gasteiger partial charge in [-0.05, 0) is 48.8 Å². The Kier molecular flexibility index (Phi) is 6.51. The van der Waals surface area contributed by atoms with E-state index in [1.54, 1.807) is 0 Å². The van der Waals surface area contributed by atoms with Crippen molar-refractivity contribution < 1.29 is 4.65 Å². The number of piperidine rings is 1. The van der Waals surface area contributed by atoms with Gasteiger partial charge in [0.25, 0.3) is 0 Å². The lowest BCUT2D eigenvalue weighted by Crippen LogP contribution is -2.46. The van der Waals surface area contributed by atoms with Crippen molar-refractivity contribution in [2.24, 2.45) is 0 Å². The minimum Gasteiger partial charge on any atom is -0.426 e. The Morgan fingerprint density at radius 1 is 0.917 bits per heavy atom. The molecule has 1 aliphatic heterocycles. The molecule has 2 aromatic rings. The molecular formula is C21H28BNO. The average Bonchev–Trinajstić information content (AvgIpc) is 2.67.